The molecule has 24 heavy (non-hydrogen) atoms. The second kappa shape index (κ2) is 6.49. The molecule has 1 aromatic carbocycles. The van der Waals surface area contributed by atoms with Crippen LogP contribution in [-0.4, -0.2) is 40.8 Å². The van der Waals surface area contributed by atoms with Gasteiger partial charge in [0.1, 0.15) is 0 Å². The molecule has 1 atom stereocenters. The van der Waals surface area contributed by atoms with E-state index < -0.39 is 15.3 Å². The third kappa shape index (κ3) is 3.01. The van der Waals surface area contributed by atoms with Crippen molar-refractivity contribution in [2.45, 2.75) is 31.6 Å². The first kappa shape index (κ1) is 16.9. The van der Waals surface area contributed by atoms with E-state index in [0.29, 0.717) is 25.2 Å². The van der Waals surface area contributed by atoms with Gasteiger partial charge in [-0.05, 0) is 19.4 Å². The van der Waals surface area contributed by atoms with Gasteiger partial charge in [0, 0.05) is 24.7 Å². The minimum Gasteiger partial charge on any atom is -0.268 e. The maximum Gasteiger partial charge on any atom is 0.267 e. The summed E-state index contributed by atoms with van der Waals surface area (Å²) in [6.45, 7) is 4.17. The van der Waals surface area contributed by atoms with Crippen LogP contribution in [0.4, 0.5) is 0 Å². The summed E-state index contributed by atoms with van der Waals surface area (Å²) in [5.74, 6) is 0. The SMILES string of the molecule is CC[C@@H](C)S(=O)(=O)N1CC(n2nc(-c3ccccc3)ccc2=O)C1. The van der Waals surface area contributed by atoms with Crippen molar-refractivity contribution in [3.05, 3.63) is 52.8 Å². The van der Waals surface area contributed by atoms with E-state index in [1.807, 2.05) is 37.3 Å². The molecule has 0 aliphatic carbocycles. The summed E-state index contributed by atoms with van der Waals surface area (Å²) >= 11 is 0. The Morgan fingerprint density at radius 3 is 2.46 bits per heavy atom. The highest BCUT2D eigenvalue weighted by Crippen LogP contribution is 2.26. The molecule has 0 saturated carbocycles. The average molecular weight is 347 g/mol. The van der Waals surface area contributed by atoms with Crippen LogP contribution in [0.1, 0.15) is 26.3 Å². The number of aromatic nitrogens is 2. The van der Waals surface area contributed by atoms with Crippen molar-refractivity contribution in [2.24, 2.45) is 0 Å². The predicted molar refractivity (Wildman–Crippen MR) is 93.2 cm³/mol. The molecule has 1 fully saturated rings. The van der Waals surface area contributed by atoms with E-state index in [-0.39, 0.29) is 11.6 Å². The Kier molecular flexibility index (Phi) is 4.56. The highest BCUT2D eigenvalue weighted by atomic mass is 32.2. The van der Waals surface area contributed by atoms with Crippen LogP contribution in [0.25, 0.3) is 11.3 Å². The predicted octanol–water partition coefficient (Wildman–Crippen LogP) is 1.90. The molecule has 0 bridgehead atoms. The van der Waals surface area contributed by atoms with Gasteiger partial charge < -0.3 is 0 Å². The number of sulfonamides is 1. The number of hydrogen-bond acceptors (Lipinski definition) is 4. The fraction of sp³-hybridized carbons (Fsp3) is 0.412. The van der Waals surface area contributed by atoms with Crippen LogP contribution in [0.5, 0.6) is 0 Å². The molecule has 128 valence electrons. The Balaban J connectivity index is 1.82. The van der Waals surface area contributed by atoms with Gasteiger partial charge >= 0.3 is 0 Å². The van der Waals surface area contributed by atoms with Crippen molar-refractivity contribution >= 4 is 10.0 Å². The van der Waals surface area contributed by atoms with Crippen LogP contribution >= 0.6 is 0 Å². The monoisotopic (exact) mass is 347 g/mol. The fourth-order valence-corrected chi connectivity index (χ4v) is 4.38. The van der Waals surface area contributed by atoms with Gasteiger partial charge in [0.2, 0.25) is 10.0 Å². The summed E-state index contributed by atoms with van der Waals surface area (Å²) < 4.78 is 27.5. The molecule has 0 spiro atoms. The molecule has 0 amide bonds. The normalized spacial score (nSPS) is 17.4. The molecule has 2 aromatic rings. The molecule has 1 aliphatic heterocycles. The number of nitrogens with zero attached hydrogens (tertiary/aromatic N) is 3. The van der Waals surface area contributed by atoms with Crippen molar-refractivity contribution in [1.82, 2.24) is 14.1 Å². The van der Waals surface area contributed by atoms with Gasteiger partial charge in [-0.2, -0.15) is 9.40 Å². The summed E-state index contributed by atoms with van der Waals surface area (Å²) in [5, 5.41) is 4.02. The number of hydrogen-bond donors (Lipinski definition) is 0. The lowest BCUT2D eigenvalue weighted by Crippen LogP contribution is -2.55. The number of rotatable bonds is 5. The molecule has 2 heterocycles. The minimum absolute atomic E-state index is 0.208. The second-order valence-corrected chi connectivity index (χ2v) is 8.45. The van der Waals surface area contributed by atoms with Gasteiger partial charge in [-0.15, -0.1) is 0 Å². The molecule has 1 aliphatic rings. The smallest absolute Gasteiger partial charge is 0.267 e. The quantitative estimate of drug-likeness (QED) is 0.828. The molecular weight excluding hydrogens is 326 g/mol. The Morgan fingerprint density at radius 2 is 1.83 bits per heavy atom. The molecule has 0 unspecified atom stereocenters. The molecule has 1 saturated heterocycles. The maximum atomic E-state index is 12.3. The van der Waals surface area contributed by atoms with Crippen LogP contribution in [0.2, 0.25) is 0 Å². The Labute approximate surface area is 141 Å². The van der Waals surface area contributed by atoms with Crippen molar-refractivity contribution < 1.29 is 8.42 Å². The summed E-state index contributed by atoms with van der Waals surface area (Å²) in [5.41, 5.74) is 1.42. The van der Waals surface area contributed by atoms with Crippen molar-refractivity contribution in [2.75, 3.05) is 13.1 Å². The van der Waals surface area contributed by atoms with E-state index in [1.165, 1.54) is 15.1 Å². The highest BCUT2D eigenvalue weighted by Gasteiger charge is 2.39. The molecule has 3 rings (SSSR count). The topological polar surface area (TPSA) is 72.3 Å². The third-order valence-electron chi connectivity index (χ3n) is 4.51. The van der Waals surface area contributed by atoms with Crippen molar-refractivity contribution in [3.63, 3.8) is 0 Å². The summed E-state index contributed by atoms with van der Waals surface area (Å²) in [7, 11) is -3.28. The molecule has 7 heteroatoms. The lowest BCUT2D eigenvalue weighted by Gasteiger charge is -2.39. The first-order valence-corrected chi connectivity index (χ1v) is 9.58. The van der Waals surface area contributed by atoms with Crippen LogP contribution in [-0.2, 0) is 10.0 Å². The summed E-state index contributed by atoms with van der Waals surface area (Å²) in [4.78, 5) is 12.1. The van der Waals surface area contributed by atoms with E-state index in [4.69, 9.17) is 0 Å². The van der Waals surface area contributed by atoms with Gasteiger partial charge in [0.15, 0.2) is 0 Å². The zero-order valence-corrected chi connectivity index (χ0v) is 14.6. The molecule has 0 radical (unpaired) electrons. The largest absolute Gasteiger partial charge is 0.268 e. The first-order valence-electron chi connectivity index (χ1n) is 8.07. The van der Waals surface area contributed by atoms with Crippen LogP contribution < -0.4 is 5.56 Å². The zero-order valence-electron chi connectivity index (χ0n) is 13.8. The van der Waals surface area contributed by atoms with Crippen molar-refractivity contribution in [1.29, 1.82) is 0 Å². The molecule has 0 N–H and O–H groups in total. The number of benzene rings is 1. The lowest BCUT2D eigenvalue weighted by atomic mass is 10.1. The highest BCUT2D eigenvalue weighted by molar-refractivity contribution is 7.89. The van der Waals surface area contributed by atoms with E-state index in [9.17, 15) is 13.2 Å². The Hall–Kier alpha value is -1.99. The van der Waals surface area contributed by atoms with Gasteiger partial charge in [-0.25, -0.2) is 13.1 Å². The second-order valence-electron chi connectivity index (χ2n) is 6.10. The average Bonchev–Trinajstić information content (AvgIpc) is 2.55. The van der Waals surface area contributed by atoms with Gasteiger partial charge in [0.05, 0.1) is 17.0 Å². The molecule has 6 nitrogen and oxygen atoms in total. The molecule has 1 aromatic heterocycles. The van der Waals surface area contributed by atoms with Crippen LogP contribution in [0, 0.1) is 0 Å². The Bertz CT molecular complexity index is 871. The van der Waals surface area contributed by atoms with Crippen LogP contribution in [0.3, 0.4) is 0 Å². The van der Waals surface area contributed by atoms with E-state index in [0.717, 1.165) is 5.56 Å². The minimum atomic E-state index is -3.28. The van der Waals surface area contributed by atoms with E-state index in [2.05, 4.69) is 5.10 Å². The van der Waals surface area contributed by atoms with Crippen molar-refractivity contribution in [3.8, 4) is 11.3 Å². The van der Waals surface area contributed by atoms with Crippen LogP contribution in [0.15, 0.2) is 47.3 Å². The third-order valence-corrected chi connectivity index (χ3v) is 6.88. The fourth-order valence-electron chi connectivity index (χ4n) is 2.69. The van der Waals surface area contributed by atoms with Gasteiger partial charge in [-0.3, -0.25) is 4.79 Å². The van der Waals surface area contributed by atoms with Gasteiger partial charge in [0.25, 0.3) is 5.56 Å². The summed E-state index contributed by atoms with van der Waals surface area (Å²) in [6.07, 6.45) is 0.575. The van der Waals surface area contributed by atoms with E-state index in [1.54, 1.807) is 13.0 Å². The van der Waals surface area contributed by atoms with E-state index >= 15 is 0 Å². The molecular formula is C17H21N3O3S. The maximum absolute atomic E-state index is 12.3. The standard InChI is InChI=1S/C17H21N3O3S/c1-3-13(2)24(22,23)19-11-15(12-19)20-17(21)10-9-16(18-20)14-7-5-4-6-8-14/h4-10,13,15H,3,11-12H2,1-2H3/t13-/m1/s1. The first-order chi connectivity index (χ1) is 11.4. The lowest BCUT2D eigenvalue weighted by molar-refractivity contribution is 0.184. The summed E-state index contributed by atoms with van der Waals surface area (Å²) in [6, 6.07) is 12.6. The Morgan fingerprint density at radius 1 is 1.17 bits per heavy atom. The van der Waals surface area contributed by atoms with Gasteiger partial charge in [-0.1, -0.05) is 37.3 Å². The zero-order chi connectivity index (χ0) is 17.3.